The lowest BCUT2D eigenvalue weighted by atomic mass is 9.91. The van der Waals surface area contributed by atoms with E-state index in [1.807, 2.05) is 30.3 Å². The molecule has 0 aromatic heterocycles. The fraction of sp³-hybridized carbons (Fsp3) is 0.194. The van der Waals surface area contributed by atoms with Gasteiger partial charge in [-0.15, -0.1) is 0 Å². The molecule has 37 heavy (non-hydrogen) atoms. The summed E-state index contributed by atoms with van der Waals surface area (Å²) in [5, 5.41) is 14.8. The molecule has 2 N–H and O–H groups in total. The maximum atomic E-state index is 13.0. The molecule has 6 heteroatoms. The van der Waals surface area contributed by atoms with E-state index in [2.05, 4.69) is 23.5 Å². The summed E-state index contributed by atoms with van der Waals surface area (Å²) in [5.74, 6) is -1.03. The van der Waals surface area contributed by atoms with E-state index in [9.17, 15) is 23.1 Å². The lowest BCUT2D eigenvalue weighted by Gasteiger charge is -2.14. The molecule has 0 radical (unpaired) electrons. The van der Waals surface area contributed by atoms with E-state index in [0.717, 1.165) is 66.6 Å². The van der Waals surface area contributed by atoms with Gasteiger partial charge in [0.15, 0.2) is 0 Å². The number of benzene rings is 4. The van der Waals surface area contributed by atoms with Crippen LogP contribution in [0.2, 0.25) is 0 Å². The van der Waals surface area contributed by atoms with Gasteiger partial charge in [0.2, 0.25) is 0 Å². The molecule has 0 aliphatic carbocycles. The molecule has 188 valence electrons. The number of fused-ring (bicyclic) bond motifs is 1. The van der Waals surface area contributed by atoms with E-state index >= 15 is 0 Å². The van der Waals surface area contributed by atoms with Crippen LogP contribution in [0.4, 0.5) is 13.2 Å². The van der Waals surface area contributed by atoms with Crippen molar-refractivity contribution in [3.05, 3.63) is 102 Å². The predicted molar refractivity (Wildman–Crippen MR) is 141 cm³/mol. The first-order valence-corrected chi connectivity index (χ1v) is 12.3. The standard InChI is InChI=1S/C31H26F3NO2/c32-31(33,34)27-12-9-22(10-13-27)24-11-14-28-25(17-24)18-26(30(36)37)19-29(28)23-7-5-21(6-8-23)20-3-1-15-35-16-2-4-20/h3,5-14,17-19,35H,1-2,4,15-16H2,(H,36,37). The second kappa shape index (κ2) is 10.2. The molecule has 4 aromatic rings. The van der Waals surface area contributed by atoms with Crippen LogP contribution in [0.5, 0.6) is 0 Å². The highest BCUT2D eigenvalue weighted by molar-refractivity contribution is 6.04. The van der Waals surface area contributed by atoms with Gasteiger partial charge >= 0.3 is 12.1 Å². The van der Waals surface area contributed by atoms with Crippen molar-refractivity contribution in [3.63, 3.8) is 0 Å². The normalized spacial score (nSPS) is 14.6. The highest BCUT2D eigenvalue weighted by Crippen LogP contribution is 2.35. The van der Waals surface area contributed by atoms with Crippen molar-refractivity contribution in [2.75, 3.05) is 13.1 Å². The number of allylic oxidation sites excluding steroid dienone is 1. The third-order valence-corrected chi connectivity index (χ3v) is 6.82. The van der Waals surface area contributed by atoms with Gasteiger partial charge in [0.05, 0.1) is 11.1 Å². The largest absolute Gasteiger partial charge is 0.478 e. The molecule has 0 saturated heterocycles. The molecule has 5 rings (SSSR count). The van der Waals surface area contributed by atoms with Crippen molar-refractivity contribution >= 4 is 22.3 Å². The zero-order valence-electron chi connectivity index (χ0n) is 20.1. The minimum Gasteiger partial charge on any atom is -0.478 e. The summed E-state index contributed by atoms with van der Waals surface area (Å²) in [4.78, 5) is 11.9. The van der Waals surface area contributed by atoms with Crippen LogP contribution in [0.15, 0.2) is 84.9 Å². The smallest absolute Gasteiger partial charge is 0.416 e. The van der Waals surface area contributed by atoms with Crippen molar-refractivity contribution in [2.45, 2.75) is 25.4 Å². The number of hydrogen-bond donors (Lipinski definition) is 2. The van der Waals surface area contributed by atoms with Crippen LogP contribution < -0.4 is 5.32 Å². The summed E-state index contributed by atoms with van der Waals surface area (Å²) in [6.07, 6.45) is 0.969. The number of carboxylic acid groups (broad SMARTS) is 1. The molecule has 0 atom stereocenters. The number of halogens is 3. The number of aromatic carboxylic acids is 1. The number of nitrogens with one attached hydrogen (secondary N) is 1. The minimum atomic E-state index is -4.40. The Bertz CT molecular complexity index is 1470. The zero-order chi connectivity index (χ0) is 26.0. The summed E-state index contributed by atoms with van der Waals surface area (Å²) in [5.41, 5.74) is 5.02. The topological polar surface area (TPSA) is 49.3 Å². The number of carbonyl (C=O) groups is 1. The van der Waals surface area contributed by atoms with Crippen LogP contribution in [-0.2, 0) is 6.18 Å². The molecular formula is C31H26F3NO2. The minimum absolute atomic E-state index is 0.159. The monoisotopic (exact) mass is 501 g/mol. The van der Waals surface area contributed by atoms with Crippen LogP contribution in [0.25, 0.3) is 38.6 Å². The van der Waals surface area contributed by atoms with Crippen molar-refractivity contribution in [3.8, 4) is 22.3 Å². The van der Waals surface area contributed by atoms with Crippen molar-refractivity contribution in [2.24, 2.45) is 0 Å². The number of rotatable bonds is 4. The third-order valence-electron chi connectivity index (χ3n) is 6.82. The first-order chi connectivity index (χ1) is 17.8. The molecule has 0 amide bonds. The Morgan fingerprint density at radius 1 is 0.784 bits per heavy atom. The molecule has 0 bridgehead atoms. The predicted octanol–water partition coefficient (Wildman–Crippen LogP) is 8.05. The quantitative estimate of drug-likeness (QED) is 0.297. The van der Waals surface area contributed by atoms with Crippen LogP contribution in [0, 0.1) is 0 Å². The summed E-state index contributed by atoms with van der Waals surface area (Å²) in [7, 11) is 0. The Hall–Kier alpha value is -3.90. The molecule has 1 aliphatic heterocycles. The number of hydrogen-bond acceptors (Lipinski definition) is 2. The number of carboxylic acids is 1. The van der Waals surface area contributed by atoms with Crippen molar-refractivity contribution in [1.29, 1.82) is 0 Å². The molecule has 4 aromatic carbocycles. The fourth-order valence-electron chi connectivity index (χ4n) is 4.87. The van der Waals surface area contributed by atoms with Gasteiger partial charge in [-0.1, -0.05) is 54.6 Å². The first-order valence-electron chi connectivity index (χ1n) is 12.3. The molecule has 0 spiro atoms. The van der Waals surface area contributed by atoms with E-state index in [1.54, 1.807) is 12.1 Å². The second-order valence-corrected chi connectivity index (χ2v) is 9.29. The Labute approximate surface area is 213 Å². The molecule has 0 saturated carbocycles. The van der Waals surface area contributed by atoms with Crippen LogP contribution >= 0.6 is 0 Å². The fourth-order valence-corrected chi connectivity index (χ4v) is 4.87. The van der Waals surface area contributed by atoms with Gasteiger partial charge in [0.1, 0.15) is 0 Å². The molecule has 0 fully saturated rings. The summed E-state index contributed by atoms with van der Waals surface area (Å²) in [6, 6.07) is 22.1. The highest BCUT2D eigenvalue weighted by Gasteiger charge is 2.30. The third kappa shape index (κ3) is 5.44. The average molecular weight is 502 g/mol. The van der Waals surface area contributed by atoms with Crippen molar-refractivity contribution in [1.82, 2.24) is 5.32 Å². The Kier molecular flexibility index (Phi) is 6.85. The second-order valence-electron chi connectivity index (χ2n) is 9.29. The van der Waals surface area contributed by atoms with E-state index in [4.69, 9.17) is 0 Å². The lowest BCUT2D eigenvalue weighted by molar-refractivity contribution is -0.137. The Balaban J connectivity index is 1.54. The van der Waals surface area contributed by atoms with Crippen molar-refractivity contribution < 1.29 is 23.1 Å². The van der Waals surface area contributed by atoms with E-state index in [1.165, 1.54) is 23.3 Å². The van der Waals surface area contributed by atoms with Gasteiger partial charge in [-0.2, -0.15) is 13.2 Å². The summed E-state index contributed by atoms with van der Waals surface area (Å²) < 4.78 is 38.9. The highest BCUT2D eigenvalue weighted by atomic mass is 19.4. The summed E-state index contributed by atoms with van der Waals surface area (Å²) in [6.45, 7) is 1.99. The molecule has 0 unspecified atom stereocenters. The molecule has 3 nitrogen and oxygen atoms in total. The van der Waals surface area contributed by atoms with E-state index in [0.29, 0.717) is 10.9 Å². The maximum absolute atomic E-state index is 13.0. The SMILES string of the molecule is O=C(O)c1cc(-c2ccc(C3=CCCNCCC3)cc2)c2ccc(-c3ccc(C(F)(F)F)cc3)cc2c1. The van der Waals surface area contributed by atoms with Gasteiger partial charge in [0.25, 0.3) is 0 Å². The van der Waals surface area contributed by atoms with E-state index < -0.39 is 17.7 Å². The maximum Gasteiger partial charge on any atom is 0.416 e. The summed E-state index contributed by atoms with van der Waals surface area (Å²) >= 11 is 0. The van der Waals surface area contributed by atoms with Gasteiger partial charge in [-0.3, -0.25) is 0 Å². The molecule has 1 heterocycles. The van der Waals surface area contributed by atoms with Gasteiger partial charge in [-0.25, -0.2) is 4.79 Å². The molecular weight excluding hydrogens is 475 g/mol. The first kappa shape index (κ1) is 24.8. The average Bonchev–Trinajstić information content (AvgIpc) is 2.87. The Morgan fingerprint density at radius 2 is 1.46 bits per heavy atom. The van der Waals surface area contributed by atoms with Gasteiger partial charge in [0, 0.05) is 0 Å². The van der Waals surface area contributed by atoms with Crippen LogP contribution in [0.3, 0.4) is 0 Å². The van der Waals surface area contributed by atoms with Crippen LogP contribution in [-0.4, -0.2) is 24.2 Å². The number of alkyl halides is 3. The Morgan fingerprint density at radius 3 is 2.16 bits per heavy atom. The van der Waals surface area contributed by atoms with Gasteiger partial charge in [-0.05, 0) is 107 Å². The lowest BCUT2D eigenvalue weighted by Crippen LogP contribution is -2.17. The van der Waals surface area contributed by atoms with E-state index in [-0.39, 0.29) is 5.56 Å². The molecule has 1 aliphatic rings. The zero-order valence-corrected chi connectivity index (χ0v) is 20.1. The van der Waals surface area contributed by atoms with Gasteiger partial charge < -0.3 is 10.4 Å². The van der Waals surface area contributed by atoms with Crippen LogP contribution in [0.1, 0.15) is 40.7 Å².